The van der Waals surface area contributed by atoms with Crippen molar-refractivity contribution in [2.75, 3.05) is 25.2 Å². The van der Waals surface area contributed by atoms with Gasteiger partial charge in [0, 0.05) is 43.7 Å². The number of phenols is 1. The number of phosphoric acid groups is 1. The maximum Gasteiger partial charge on any atom is 0.475 e. The highest BCUT2D eigenvalue weighted by Gasteiger charge is 2.50. The van der Waals surface area contributed by atoms with Crippen molar-refractivity contribution in [1.82, 2.24) is 24.5 Å². The zero-order chi connectivity index (χ0) is 36.1. The zero-order valence-corrected chi connectivity index (χ0v) is 28.7. The first kappa shape index (κ1) is 34.7. The number of H-pyrrole nitrogens is 1. The number of hydrogen-bond acceptors (Lipinski definition) is 17. The van der Waals surface area contributed by atoms with E-state index >= 15 is 0 Å². The molecule has 2 fully saturated rings. The van der Waals surface area contributed by atoms with Crippen LogP contribution in [0.2, 0.25) is 0 Å². The molecule has 0 radical (unpaired) electrons. The van der Waals surface area contributed by atoms with Crippen LogP contribution in [0.4, 0.5) is 0 Å². The number of ether oxygens (including phenoxy) is 3. The molecule has 266 valence electrons. The molecular weight excluding hydrogens is 719 g/mol. The van der Waals surface area contributed by atoms with Gasteiger partial charge in [-0.3, -0.25) is 27.9 Å². The highest BCUT2D eigenvalue weighted by molar-refractivity contribution is 8.76. The molecule has 21 heteroatoms. The van der Waals surface area contributed by atoms with Gasteiger partial charge in [0.15, 0.2) is 11.9 Å². The molecule has 4 aromatic rings. The molecule has 0 saturated carbocycles. The molecule has 2 saturated heterocycles. The van der Waals surface area contributed by atoms with Gasteiger partial charge in [0.25, 0.3) is 5.56 Å². The Morgan fingerprint density at radius 2 is 2.00 bits per heavy atom. The van der Waals surface area contributed by atoms with E-state index in [1.165, 1.54) is 57.9 Å². The first-order valence-corrected chi connectivity index (χ1v) is 18.9. The Balaban J connectivity index is 1.18. The summed E-state index contributed by atoms with van der Waals surface area (Å²) in [4.78, 5) is 39.0. The first-order chi connectivity index (χ1) is 24.6. The standard InChI is InChI=1S/C29H31N6O12PS2/c1-16-25(26(41-2)27(44-16)34-8-6-24(37)31-29(34)39)47-48(40,43-9-3-7-30)46-23-15-50-49-14-22(23)42-13-18-12-35(33-32-18)20-10-17-4-5-19(36)11-21(17)45-28(20)38/h4-6,8,10-12,16,22-23,25-27,36H,3,9,13-15H2,1-2H3,(H,31,37,39)/t16-,22-,23?,25?,26+,27-,48?/m1/s1/i1D. The minimum absolute atomic E-state index is 0.0464. The molecule has 2 aliphatic heterocycles. The largest absolute Gasteiger partial charge is 0.508 e. The molecule has 18 nitrogen and oxygen atoms in total. The van der Waals surface area contributed by atoms with Crippen LogP contribution in [0.5, 0.6) is 5.75 Å². The number of hydrogen-bond donors (Lipinski definition) is 2. The number of nitrogens with zero attached hydrogens (tertiary/aromatic N) is 5. The number of fused-ring (bicyclic) bond motifs is 1. The summed E-state index contributed by atoms with van der Waals surface area (Å²) in [5, 5.41) is 27.5. The second kappa shape index (κ2) is 15.6. The Hall–Kier alpha value is -3.77. The first-order valence-electron chi connectivity index (χ1n) is 15.6. The van der Waals surface area contributed by atoms with Gasteiger partial charge in [-0.1, -0.05) is 26.8 Å². The number of phenolic OH excluding ortho intramolecular Hbond substituents is 1. The van der Waals surface area contributed by atoms with Crippen LogP contribution in [0, 0.1) is 11.3 Å². The van der Waals surface area contributed by atoms with Gasteiger partial charge in [0.05, 0.1) is 44.1 Å². The Bertz CT molecular complexity index is 2120. The molecule has 50 heavy (non-hydrogen) atoms. The lowest BCUT2D eigenvalue weighted by atomic mass is 10.1. The third-order valence-electron chi connectivity index (χ3n) is 7.56. The van der Waals surface area contributed by atoms with E-state index in [0.717, 1.165) is 10.6 Å². The van der Waals surface area contributed by atoms with Crippen molar-refractivity contribution in [2.45, 2.75) is 56.7 Å². The molecular formula is C29H31N6O12PS2. The second-order valence-electron chi connectivity index (χ2n) is 10.9. The van der Waals surface area contributed by atoms with Crippen LogP contribution in [0.3, 0.4) is 0 Å². The third kappa shape index (κ3) is 8.07. The van der Waals surface area contributed by atoms with Gasteiger partial charge in [-0.15, -0.1) is 5.10 Å². The summed E-state index contributed by atoms with van der Waals surface area (Å²) in [5.74, 6) is 0.661. The summed E-state index contributed by atoms with van der Waals surface area (Å²) < 4.78 is 65.2. The lowest BCUT2D eigenvalue weighted by Gasteiger charge is -2.33. The zero-order valence-electron chi connectivity index (χ0n) is 27.2. The number of aromatic hydroxyl groups is 1. The number of benzene rings is 1. The lowest BCUT2D eigenvalue weighted by Crippen LogP contribution is -2.40. The van der Waals surface area contributed by atoms with Gasteiger partial charge < -0.3 is 23.7 Å². The van der Waals surface area contributed by atoms with E-state index in [1.54, 1.807) is 12.1 Å². The number of phosphoric ester groups is 1. The highest BCUT2D eigenvalue weighted by atomic mass is 33.1. The number of nitrogens with one attached hydrogen (secondary N) is 1. The smallest absolute Gasteiger partial charge is 0.475 e. The fraction of sp³-hybridized carbons (Fsp3) is 0.448. The normalized spacial score (nSPS) is 25.2. The fourth-order valence-electron chi connectivity index (χ4n) is 5.16. The van der Waals surface area contributed by atoms with E-state index in [2.05, 4.69) is 15.3 Å². The predicted molar refractivity (Wildman–Crippen MR) is 178 cm³/mol. The van der Waals surface area contributed by atoms with Gasteiger partial charge in [0.1, 0.15) is 35.3 Å². The van der Waals surface area contributed by atoms with Crippen molar-refractivity contribution in [3.05, 3.63) is 79.7 Å². The van der Waals surface area contributed by atoms with Crippen molar-refractivity contribution in [3.63, 3.8) is 0 Å². The van der Waals surface area contributed by atoms with Gasteiger partial charge in [0.2, 0.25) is 0 Å². The topological polar surface area (TPSA) is 232 Å². The number of methoxy groups -OCH3 is 1. The number of nitriles is 1. The molecule has 0 aliphatic carbocycles. The van der Waals surface area contributed by atoms with E-state index < -0.39 is 61.4 Å². The Morgan fingerprint density at radius 3 is 2.76 bits per heavy atom. The van der Waals surface area contributed by atoms with E-state index in [0.29, 0.717) is 22.6 Å². The number of aromatic nitrogens is 5. The van der Waals surface area contributed by atoms with E-state index in [4.69, 9.17) is 38.8 Å². The molecule has 0 spiro atoms. The molecule has 7 atom stereocenters. The maximum absolute atomic E-state index is 14.3. The molecule has 3 aromatic heterocycles. The van der Waals surface area contributed by atoms with Crippen molar-refractivity contribution in [1.29, 1.82) is 5.26 Å². The van der Waals surface area contributed by atoms with E-state index in [-0.39, 0.29) is 43.6 Å². The third-order valence-corrected chi connectivity index (χ3v) is 11.5. The SMILES string of the molecule is [2H]C[C@H]1O[C@@H](n2ccc(=O)[nH]c2=O)[C@@H](OC)C1OP(=O)(OCCC#N)OC1CSSC[C@H]1OCc1cn(-c2cc3ccc(O)cc3oc2=O)nn1. The second-order valence-corrected chi connectivity index (χ2v) is 15.0. The molecule has 1 aromatic carbocycles. The highest BCUT2D eigenvalue weighted by Crippen LogP contribution is 2.56. The summed E-state index contributed by atoms with van der Waals surface area (Å²) in [6.45, 7) is -0.757. The Kier molecular flexibility index (Phi) is 10.8. The van der Waals surface area contributed by atoms with Gasteiger partial charge >= 0.3 is 19.1 Å². The van der Waals surface area contributed by atoms with Crippen LogP contribution in [0.1, 0.15) is 26.6 Å². The average molecular weight is 752 g/mol. The monoisotopic (exact) mass is 751 g/mol. The number of rotatable bonds is 13. The van der Waals surface area contributed by atoms with Gasteiger partial charge in [-0.05, 0) is 25.1 Å². The number of aromatic amines is 1. The molecule has 6 rings (SSSR count). The summed E-state index contributed by atoms with van der Waals surface area (Å²) >= 11 is 0. The lowest BCUT2D eigenvalue weighted by molar-refractivity contribution is -0.0572. The van der Waals surface area contributed by atoms with Crippen LogP contribution < -0.4 is 16.9 Å². The Labute approximate surface area is 292 Å². The molecule has 0 amide bonds. The summed E-state index contributed by atoms with van der Waals surface area (Å²) in [5.41, 5.74) is -1.44. The minimum Gasteiger partial charge on any atom is -0.508 e. The molecule has 3 unspecified atom stereocenters. The maximum atomic E-state index is 14.3. The van der Waals surface area contributed by atoms with Crippen molar-refractivity contribution in [2.24, 2.45) is 0 Å². The summed E-state index contributed by atoms with van der Waals surface area (Å²) in [6, 6.07) is 8.97. The van der Waals surface area contributed by atoms with Crippen LogP contribution >= 0.6 is 29.4 Å². The molecule has 2 N–H and O–H groups in total. The molecule has 5 heterocycles. The van der Waals surface area contributed by atoms with E-state index in [1.807, 2.05) is 6.07 Å². The minimum atomic E-state index is -4.54. The quantitative estimate of drug-likeness (QED) is 0.0865. The molecule has 0 bridgehead atoms. The van der Waals surface area contributed by atoms with Crippen LogP contribution in [0.25, 0.3) is 16.7 Å². The van der Waals surface area contributed by atoms with Crippen molar-refractivity contribution < 1.29 is 43.2 Å². The van der Waals surface area contributed by atoms with Crippen LogP contribution in [-0.2, 0) is 39.0 Å². The predicted octanol–water partition coefficient (Wildman–Crippen LogP) is 2.65. The van der Waals surface area contributed by atoms with Crippen LogP contribution in [0.15, 0.2) is 61.5 Å². The van der Waals surface area contributed by atoms with Crippen molar-refractivity contribution >= 4 is 40.4 Å². The Morgan fingerprint density at radius 1 is 1.18 bits per heavy atom. The fourth-order valence-corrected chi connectivity index (χ4v) is 9.28. The van der Waals surface area contributed by atoms with E-state index in [9.17, 15) is 24.1 Å². The average Bonchev–Trinajstić information content (AvgIpc) is 3.71. The van der Waals surface area contributed by atoms with Crippen molar-refractivity contribution in [3.8, 4) is 17.5 Å². The summed E-state index contributed by atoms with van der Waals surface area (Å²) in [6.07, 6.45) is -3.48. The van der Waals surface area contributed by atoms with Gasteiger partial charge in [-0.25, -0.2) is 18.8 Å². The molecule has 2 aliphatic rings. The van der Waals surface area contributed by atoms with Gasteiger partial charge in [-0.2, -0.15) is 5.26 Å². The van der Waals surface area contributed by atoms with Crippen LogP contribution in [-0.4, -0.2) is 85.4 Å². The summed E-state index contributed by atoms with van der Waals surface area (Å²) in [7, 11) is -0.281.